The van der Waals surface area contributed by atoms with E-state index in [1.54, 1.807) is 30.5 Å². The number of nitrogens with two attached hydrogens (primary N) is 1. The highest BCUT2D eigenvalue weighted by Gasteiger charge is 2.02. The standard InChI is InChI=1S/C13H13N3O2/c14-13(16-17)10-4-3-6-12(8-10)18-9-11-5-1-2-7-15-11/h1-8,17H,9H2,(H2,14,16). The summed E-state index contributed by atoms with van der Waals surface area (Å²) in [4.78, 5) is 4.15. The summed E-state index contributed by atoms with van der Waals surface area (Å²) in [6.45, 7) is 0.375. The number of nitrogens with zero attached hydrogens (tertiary/aromatic N) is 2. The molecule has 3 N–H and O–H groups in total. The molecular formula is C13H13N3O2. The van der Waals surface area contributed by atoms with E-state index in [9.17, 15) is 0 Å². The SMILES string of the molecule is N/C(=N\O)c1cccc(OCc2ccccn2)c1. The average Bonchev–Trinajstić information content (AvgIpc) is 2.45. The van der Waals surface area contributed by atoms with Crippen molar-refractivity contribution in [2.24, 2.45) is 10.9 Å². The third kappa shape index (κ3) is 2.98. The van der Waals surface area contributed by atoms with Gasteiger partial charge in [-0.25, -0.2) is 0 Å². The molecule has 1 heterocycles. The summed E-state index contributed by atoms with van der Waals surface area (Å²) in [5.74, 6) is 0.697. The Labute approximate surface area is 105 Å². The number of aromatic nitrogens is 1. The molecule has 0 radical (unpaired) electrons. The van der Waals surface area contributed by atoms with Crippen molar-refractivity contribution >= 4 is 5.84 Å². The Morgan fingerprint density at radius 2 is 2.17 bits per heavy atom. The molecule has 2 aromatic rings. The van der Waals surface area contributed by atoms with Gasteiger partial charge in [0, 0.05) is 11.8 Å². The highest BCUT2D eigenvalue weighted by atomic mass is 16.5. The van der Waals surface area contributed by atoms with Gasteiger partial charge in [0.05, 0.1) is 5.69 Å². The number of hydrogen-bond acceptors (Lipinski definition) is 4. The molecule has 2 rings (SSSR count). The lowest BCUT2D eigenvalue weighted by atomic mass is 10.2. The van der Waals surface area contributed by atoms with Crippen LogP contribution < -0.4 is 10.5 Å². The molecule has 92 valence electrons. The van der Waals surface area contributed by atoms with E-state index < -0.39 is 0 Å². The smallest absolute Gasteiger partial charge is 0.170 e. The van der Waals surface area contributed by atoms with Gasteiger partial charge < -0.3 is 15.7 Å². The van der Waals surface area contributed by atoms with Crippen molar-refractivity contribution in [3.63, 3.8) is 0 Å². The average molecular weight is 243 g/mol. The van der Waals surface area contributed by atoms with E-state index in [1.807, 2.05) is 18.2 Å². The van der Waals surface area contributed by atoms with Crippen molar-refractivity contribution in [1.82, 2.24) is 4.98 Å². The molecular weight excluding hydrogens is 230 g/mol. The lowest BCUT2D eigenvalue weighted by molar-refractivity contribution is 0.301. The summed E-state index contributed by atoms with van der Waals surface area (Å²) in [5.41, 5.74) is 6.95. The Bertz CT molecular complexity index is 541. The Morgan fingerprint density at radius 3 is 2.89 bits per heavy atom. The first-order valence-electron chi connectivity index (χ1n) is 5.40. The van der Waals surface area contributed by atoms with Crippen molar-refractivity contribution in [2.45, 2.75) is 6.61 Å². The molecule has 0 saturated carbocycles. The lowest BCUT2D eigenvalue weighted by Gasteiger charge is -2.07. The summed E-state index contributed by atoms with van der Waals surface area (Å²) in [5, 5.41) is 11.5. The Balaban J connectivity index is 2.06. The molecule has 0 aliphatic rings. The molecule has 0 bridgehead atoms. The van der Waals surface area contributed by atoms with Crippen LogP contribution in [0.5, 0.6) is 5.75 Å². The number of rotatable bonds is 4. The second-order valence-corrected chi connectivity index (χ2v) is 3.62. The van der Waals surface area contributed by atoms with E-state index >= 15 is 0 Å². The minimum Gasteiger partial charge on any atom is -0.487 e. The predicted octanol–water partition coefficient (Wildman–Crippen LogP) is 1.76. The number of ether oxygens (including phenoxy) is 1. The molecule has 0 amide bonds. The maximum absolute atomic E-state index is 8.60. The summed E-state index contributed by atoms with van der Waals surface area (Å²) >= 11 is 0. The number of amidine groups is 1. The molecule has 0 aliphatic carbocycles. The zero-order valence-electron chi connectivity index (χ0n) is 9.65. The summed E-state index contributed by atoms with van der Waals surface area (Å²) in [6, 6.07) is 12.7. The van der Waals surface area contributed by atoms with Crippen LogP contribution >= 0.6 is 0 Å². The van der Waals surface area contributed by atoms with Gasteiger partial charge in [0.25, 0.3) is 0 Å². The maximum Gasteiger partial charge on any atom is 0.170 e. The van der Waals surface area contributed by atoms with Crippen LogP contribution in [0.25, 0.3) is 0 Å². The van der Waals surface area contributed by atoms with Crippen molar-refractivity contribution in [3.8, 4) is 5.75 Å². The predicted molar refractivity (Wildman–Crippen MR) is 67.5 cm³/mol. The van der Waals surface area contributed by atoms with Crippen molar-refractivity contribution in [3.05, 3.63) is 59.9 Å². The van der Waals surface area contributed by atoms with Crippen LogP contribution in [0, 0.1) is 0 Å². The quantitative estimate of drug-likeness (QED) is 0.371. The van der Waals surface area contributed by atoms with Gasteiger partial charge >= 0.3 is 0 Å². The fourth-order valence-corrected chi connectivity index (χ4v) is 1.44. The lowest BCUT2D eigenvalue weighted by Crippen LogP contribution is -2.12. The van der Waals surface area contributed by atoms with Gasteiger partial charge in [-0.2, -0.15) is 0 Å². The van der Waals surface area contributed by atoms with E-state index in [4.69, 9.17) is 15.7 Å². The van der Waals surface area contributed by atoms with E-state index in [0.717, 1.165) is 5.69 Å². The van der Waals surface area contributed by atoms with Crippen molar-refractivity contribution in [2.75, 3.05) is 0 Å². The molecule has 0 aliphatic heterocycles. The first kappa shape index (κ1) is 11.9. The van der Waals surface area contributed by atoms with Gasteiger partial charge in [-0.05, 0) is 24.3 Å². The van der Waals surface area contributed by atoms with E-state index in [-0.39, 0.29) is 5.84 Å². The second-order valence-electron chi connectivity index (χ2n) is 3.62. The molecule has 0 saturated heterocycles. The second kappa shape index (κ2) is 5.67. The number of pyridine rings is 1. The van der Waals surface area contributed by atoms with Crippen LogP contribution in [0.4, 0.5) is 0 Å². The van der Waals surface area contributed by atoms with Gasteiger partial charge in [0.2, 0.25) is 0 Å². The van der Waals surface area contributed by atoms with Crippen molar-refractivity contribution < 1.29 is 9.94 Å². The summed E-state index contributed by atoms with van der Waals surface area (Å²) < 4.78 is 5.57. The monoisotopic (exact) mass is 243 g/mol. The van der Waals surface area contributed by atoms with Crippen LogP contribution in [-0.2, 0) is 6.61 Å². The Kier molecular flexibility index (Phi) is 3.76. The van der Waals surface area contributed by atoms with Gasteiger partial charge in [0.15, 0.2) is 5.84 Å². The van der Waals surface area contributed by atoms with Crippen LogP contribution in [0.2, 0.25) is 0 Å². The normalized spacial score (nSPS) is 11.2. The van der Waals surface area contributed by atoms with Crippen LogP contribution in [0.15, 0.2) is 53.8 Å². The van der Waals surface area contributed by atoms with Crippen LogP contribution in [-0.4, -0.2) is 16.0 Å². The van der Waals surface area contributed by atoms with Gasteiger partial charge in [-0.3, -0.25) is 4.98 Å². The largest absolute Gasteiger partial charge is 0.487 e. The zero-order chi connectivity index (χ0) is 12.8. The summed E-state index contributed by atoms with van der Waals surface area (Å²) in [7, 11) is 0. The zero-order valence-corrected chi connectivity index (χ0v) is 9.65. The molecule has 18 heavy (non-hydrogen) atoms. The molecule has 5 nitrogen and oxygen atoms in total. The molecule has 1 aromatic carbocycles. The minimum absolute atomic E-state index is 0.0540. The molecule has 0 spiro atoms. The highest BCUT2D eigenvalue weighted by Crippen LogP contribution is 2.14. The van der Waals surface area contributed by atoms with Crippen LogP contribution in [0.1, 0.15) is 11.3 Å². The van der Waals surface area contributed by atoms with Crippen molar-refractivity contribution in [1.29, 1.82) is 0 Å². The Hall–Kier alpha value is -2.56. The number of hydrogen-bond donors (Lipinski definition) is 2. The first-order chi connectivity index (χ1) is 8.79. The third-order valence-corrected chi connectivity index (χ3v) is 2.35. The minimum atomic E-state index is 0.0540. The highest BCUT2D eigenvalue weighted by molar-refractivity contribution is 5.97. The molecule has 0 fully saturated rings. The van der Waals surface area contributed by atoms with Crippen LogP contribution in [0.3, 0.4) is 0 Å². The maximum atomic E-state index is 8.60. The summed E-state index contributed by atoms with van der Waals surface area (Å²) in [6.07, 6.45) is 1.71. The van der Waals surface area contributed by atoms with E-state index in [0.29, 0.717) is 17.9 Å². The molecule has 0 unspecified atom stereocenters. The van der Waals surface area contributed by atoms with Gasteiger partial charge in [0.1, 0.15) is 12.4 Å². The number of benzene rings is 1. The molecule has 0 atom stereocenters. The topological polar surface area (TPSA) is 80.7 Å². The first-order valence-corrected chi connectivity index (χ1v) is 5.40. The van der Waals surface area contributed by atoms with Gasteiger partial charge in [-0.15, -0.1) is 0 Å². The third-order valence-electron chi connectivity index (χ3n) is 2.35. The van der Waals surface area contributed by atoms with Gasteiger partial charge in [-0.1, -0.05) is 23.4 Å². The number of oxime groups is 1. The molecule has 5 heteroatoms. The van der Waals surface area contributed by atoms with E-state index in [2.05, 4.69) is 10.1 Å². The fourth-order valence-electron chi connectivity index (χ4n) is 1.44. The molecule has 1 aromatic heterocycles. The van der Waals surface area contributed by atoms with E-state index in [1.165, 1.54) is 0 Å². The Morgan fingerprint density at radius 1 is 1.28 bits per heavy atom. The fraction of sp³-hybridized carbons (Fsp3) is 0.0769.